The van der Waals surface area contributed by atoms with E-state index in [1.807, 2.05) is 0 Å². The number of carbonyl (C=O) groups is 1. The molecule has 0 aliphatic rings. The van der Waals surface area contributed by atoms with E-state index in [4.69, 9.17) is 19.6 Å². The zero-order valence-corrected chi connectivity index (χ0v) is 15.5. The van der Waals surface area contributed by atoms with Crippen LogP contribution in [0.2, 0.25) is 0 Å². The lowest BCUT2D eigenvalue weighted by molar-refractivity contribution is -0.108. The number of hydrogen-bond acceptors (Lipinski definition) is 6. The van der Waals surface area contributed by atoms with Crippen LogP contribution in [0.5, 0.6) is 0 Å². The van der Waals surface area contributed by atoms with E-state index in [9.17, 15) is 4.79 Å². The van der Waals surface area contributed by atoms with E-state index < -0.39 is 0 Å². The molecule has 0 aromatic rings. The third-order valence-corrected chi connectivity index (χ3v) is 3.10. The fourth-order valence-electron chi connectivity index (χ4n) is 1.71. The van der Waals surface area contributed by atoms with Crippen LogP contribution >= 0.6 is 0 Å². The highest BCUT2D eigenvalue weighted by Crippen LogP contribution is 2.00. The minimum atomic E-state index is 0.446. The third-order valence-electron chi connectivity index (χ3n) is 3.10. The SMILES string of the molecule is C=N.CCCCCN/C=C(\CC)COCCOCCOCCC=O. The van der Waals surface area contributed by atoms with Gasteiger partial charge in [0.05, 0.1) is 39.6 Å². The van der Waals surface area contributed by atoms with E-state index in [0.717, 1.165) is 19.3 Å². The number of hydrogen-bond donors (Lipinski definition) is 2. The van der Waals surface area contributed by atoms with Gasteiger partial charge in [-0.2, -0.15) is 0 Å². The van der Waals surface area contributed by atoms with Crippen molar-refractivity contribution in [3.8, 4) is 0 Å². The monoisotopic (exact) mass is 344 g/mol. The third kappa shape index (κ3) is 20.8. The van der Waals surface area contributed by atoms with Gasteiger partial charge in [0.1, 0.15) is 6.29 Å². The molecule has 6 nitrogen and oxygen atoms in total. The molecule has 0 aliphatic heterocycles. The summed E-state index contributed by atoms with van der Waals surface area (Å²) in [6.07, 6.45) is 8.11. The second-order valence-electron chi connectivity index (χ2n) is 5.05. The van der Waals surface area contributed by atoms with Crippen LogP contribution in [0.25, 0.3) is 0 Å². The maximum absolute atomic E-state index is 10.1. The number of ether oxygens (including phenoxy) is 3. The normalized spacial score (nSPS) is 10.8. The standard InChI is InChI=1S/C17H33NO4.CH3N/c1-3-5-6-8-18-15-17(4-2)16-22-14-13-21-12-11-20-10-7-9-19;1-2/h9,15,18H,3-8,10-14,16H2,1-2H3;2H,1H2/b17-15+;. The summed E-state index contributed by atoms with van der Waals surface area (Å²) < 4.78 is 16.2. The number of nitrogens with one attached hydrogen (secondary N) is 2. The van der Waals surface area contributed by atoms with Crippen molar-refractivity contribution in [2.45, 2.75) is 46.0 Å². The minimum absolute atomic E-state index is 0.446. The zero-order chi connectivity index (χ0) is 18.3. The summed E-state index contributed by atoms with van der Waals surface area (Å²) in [5, 5.41) is 8.84. The first-order chi connectivity index (χ1) is 11.8. The highest BCUT2D eigenvalue weighted by atomic mass is 16.5. The van der Waals surface area contributed by atoms with Gasteiger partial charge in [-0.15, -0.1) is 0 Å². The van der Waals surface area contributed by atoms with E-state index in [0.29, 0.717) is 46.1 Å². The number of aldehydes is 1. The van der Waals surface area contributed by atoms with Crippen LogP contribution in [0.3, 0.4) is 0 Å². The van der Waals surface area contributed by atoms with E-state index >= 15 is 0 Å². The number of unbranched alkanes of at least 4 members (excludes halogenated alkanes) is 2. The van der Waals surface area contributed by atoms with Gasteiger partial charge in [-0.25, -0.2) is 0 Å². The fourth-order valence-corrected chi connectivity index (χ4v) is 1.71. The predicted molar refractivity (Wildman–Crippen MR) is 98.9 cm³/mol. The van der Waals surface area contributed by atoms with Crippen LogP contribution in [0.4, 0.5) is 0 Å². The highest BCUT2D eigenvalue weighted by Gasteiger charge is 1.96. The Labute approximate surface area is 147 Å². The molecule has 0 fully saturated rings. The average molecular weight is 344 g/mol. The largest absolute Gasteiger partial charge is 0.391 e. The quantitative estimate of drug-likeness (QED) is 0.241. The molecular weight excluding hydrogens is 308 g/mol. The molecular formula is C18H36N2O4. The van der Waals surface area contributed by atoms with Crippen molar-refractivity contribution < 1.29 is 19.0 Å². The average Bonchev–Trinajstić information content (AvgIpc) is 2.63. The Bertz CT molecular complexity index is 286. The Morgan fingerprint density at radius 1 is 1.00 bits per heavy atom. The molecule has 6 heteroatoms. The van der Waals surface area contributed by atoms with Crippen LogP contribution in [0.15, 0.2) is 11.8 Å². The Morgan fingerprint density at radius 2 is 1.62 bits per heavy atom. The minimum Gasteiger partial charge on any atom is -0.391 e. The molecule has 0 rings (SSSR count). The van der Waals surface area contributed by atoms with Gasteiger partial charge in [-0.05, 0) is 31.3 Å². The van der Waals surface area contributed by atoms with Gasteiger partial charge in [-0.1, -0.05) is 26.7 Å². The Morgan fingerprint density at radius 3 is 2.21 bits per heavy atom. The Hall–Kier alpha value is -1.24. The van der Waals surface area contributed by atoms with Crippen molar-refractivity contribution in [2.24, 2.45) is 0 Å². The highest BCUT2D eigenvalue weighted by molar-refractivity contribution is 5.49. The summed E-state index contributed by atoms with van der Waals surface area (Å²) >= 11 is 0. The van der Waals surface area contributed by atoms with Gasteiger partial charge in [0.2, 0.25) is 0 Å². The lowest BCUT2D eigenvalue weighted by Crippen LogP contribution is -2.12. The van der Waals surface area contributed by atoms with E-state index in [-0.39, 0.29) is 0 Å². The molecule has 0 atom stereocenters. The van der Waals surface area contributed by atoms with Crippen LogP contribution in [-0.2, 0) is 19.0 Å². The van der Waals surface area contributed by atoms with Crippen molar-refractivity contribution in [2.75, 3.05) is 46.2 Å². The molecule has 0 saturated carbocycles. The molecule has 0 unspecified atom stereocenters. The lowest BCUT2D eigenvalue weighted by Gasteiger charge is -2.09. The molecule has 0 amide bonds. The summed E-state index contributed by atoms with van der Waals surface area (Å²) in [7, 11) is 0. The first kappa shape index (κ1) is 25.0. The van der Waals surface area contributed by atoms with Gasteiger partial charge in [0.25, 0.3) is 0 Å². The Balaban J connectivity index is 0. The summed E-state index contributed by atoms with van der Waals surface area (Å²) in [5.74, 6) is 0. The van der Waals surface area contributed by atoms with Crippen molar-refractivity contribution in [3.63, 3.8) is 0 Å². The van der Waals surface area contributed by atoms with Crippen molar-refractivity contribution in [1.82, 2.24) is 5.32 Å². The van der Waals surface area contributed by atoms with Crippen LogP contribution in [0.1, 0.15) is 46.0 Å². The summed E-state index contributed by atoms with van der Waals surface area (Å²) in [5.41, 5.74) is 1.27. The molecule has 0 spiro atoms. The second-order valence-corrected chi connectivity index (χ2v) is 5.05. The smallest absolute Gasteiger partial charge is 0.122 e. The van der Waals surface area contributed by atoms with Crippen molar-refractivity contribution >= 4 is 13.0 Å². The lowest BCUT2D eigenvalue weighted by atomic mass is 10.2. The predicted octanol–water partition coefficient (Wildman–Crippen LogP) is 2.96. The fraction of sp³-hybridized carbons (Fsp3) is 0.778. The van der Waals surface area contributed by atoms with Crippen molar-refractivity contribution in [1.29, 1.82) is 5.41 Å². The summed E-state index contributed by atoms with van der Waals surface area (Å²) in [6, 6.07) is 0. The topological polar surface area (TPSA) is 80.6 Å². The van der Waals surface area contributed by atoms with E-state index in [1.165, 1.54) is 24.8 Å². The molecule has 0 heterocycles. The number of carbonyl (C=O) groups excluding carboxylic acids is 1. The first-order valence-corrected chi connectivity index (χ1v) is 8.78. The van der Waals surface area contributed by atoms with Crippen LogP contribution < -0.4 is 5.32 Å². The van der Waals surface area contributed by atoms with Gasteiger partial charge in [0.15, 0.2) is 0 Å². The van der Waals surface area contributed by atoms with Gasteiger partial charge < -0.3 is 29.7 Å². The van der Waals surface area contributed by atoms with Crippen molar-refractivity contribution in [3.05, 3.63) is 11.8 Å². The Kier molecular flexibility index (Phi) is 25.0. The number of rotatable bonds is 17. The molecule has 24 heavy (non-hydrogen) atoms. The molecule has 0 aromatic carbocycles. The maximum Gasteiger partial charge on any atom is 0.122 e. The van der Waals surface area contributed by atoms with Gasteiger partial charge in [0, 0.05) is 13.0 Å². The molecule has 2 N–H and O–H groups in total. The van der Waals surface area contributed by atoms with Crippen LogP contribution in [-0.4, -0.2) is 59.2 Å². The molecule has 0 radical (unpaired) electrons. The summed E-state index contributed by atoms with van der Waals surface area (Å²) in [6.45, 7) is 11.2. The van der Waals surface area contributed by atoms with E-state index in [1.54, 1.807) is 0 Å². The van der Waals surface area contributed by atoms with Crippen LogP contribution in [0, 0.1) is 5.41 Å². The second kappa shape index (κ2) is 24.0. The summed E-state index contributed by atoms with van der Waals surface area (Å²) in [4.78, 5) is 10.1. The molecule has 0 aromatic heterocycles. The molecule has 0 aliphatic carbocycles. The molecule has 0 saturated heterocycles. The van der Waals surface area contributed by atoms with Gasteiger partial charge >= 0.3 is 0 Å². The van der Waals surface area contributed by atoms with Gasteiger partial charge in [-0.3, -0.25) is 0 Å². The molecule has 0 bridgehead atoms. The zero-order valence-electron chi connectivity index (χ0n) is 15.5. The van der Waals surface area contributed by atoms with E-state index in [2.05, 4.69) is 32.1 Å². The molecule has 142 valence electrons. The first-order valence-electron chi connectivity index (χ1n) is 8.78. The maximum atomic E-state index is 10.1.